The predicted octanol–water partition coefficient (Wildman–Crippen LogP) is 2.83. The lowest BCUT2D eigenvalue weighted by Crippen LogP contribution is -2.48. The van der Waals surface area contributed by atoms with Crippen molar-refractivity contribution in [3.05, 3.63) is 34.4 Å². The molecule has 3 saturated carbocycles. The van der Waals surface area contributed by atoms with Crippen LogP contribution in [0.2, 0.25) is 0 Å². The van der Waals surface area contributed by atoms with Crippen LogP contribution in [-0.2, 0) is 0 Å². The predicted molar refractivity (Wildman–Crippen MR) is 82.4 cm³/mol. The van der Waals surface area contributed by atoms with Gasteiger partial charge in [-0.2, -0.15) is 0 Å². The summed E-state index contributed by atoms with van der Waals surface area (Å²) in [5.41, 5.74) is 0.00269. The summed E-state index contributed by atoms with van der Waals surface area (Å²) < 4.78 is 4.79. The monoisotopic (exact) mass is 301 g/mol. The van der Waals surface area contributed by atoms with E-state index >= 15 is 0 Å². The molecule has 4 heteroatoms. The number of hydrogen-bond donors (Lipinski definition) is 1. The van der Waals surface area contributed by atoms with E-state index in [1.165, 1.54) is 50.5 Å². The lowest BCUT2D eigenvalue weighted by atomic mass is 9.62. The zero-order valence-electron chi connectivity index (χ0n) is 13.0. The Bertz CT molecular complexity index is 617. The molecule has 4 rings (SSSR count). The van der Waals surface area contributed by atoms with E-state index in [9.17, 15) is 9.59 Å². The third kappa shape index (κ3) is 2.29. The number of amides is 1. The van der Waals surface area contributed by atoms with Crippen LogP contribution in [-0.4, -0.2) is 11.9 Å². The van der Waals surface area contributed by atoms with Crippen LogP contribution in [0.4, 0.5) is 0 Å². The van der Waals surface area contributed by atoms with Gasteiger partial charge in [0.1, 0.15) is 6.26 Å². The Balaban J connectivity index is 1.48. The summed E-state index contributed by atoms with van der Waals surface area (Å²) in [6.07, 6.45) is 8.13. The molecule has 0 saturated heterocycles. The fraction of sp³-hybridized carbons (Fsp3) is 0.667. The molecule has 4 nitrogen and oxygen atoms in total. The summed E-state index contributed by atoms with van der Waals surface area (Å²) in [5, 5.41) is 3.15. The van der Waals surface area contributed by atoms with Gasteiger partial charge < -0.3 is 9.73 Å². The summed E-state index contributed by atoms with van der Waals surface area (Å²) in [6.45, 7) is 2.15. The molecule has 1 aromatic rings. The molecule has 22 heavy (non-hydrogen) atoms. The first-order valence-corrected chi connectivity index (χ1v) is 8.51. The highest BCUT2D eigenvalue weighted by molar-refractivity contribution is 5.93. The van der Waals surface area contributed by atoms with Crippen molar-refractivity contribution in [2.75, 3.05) is 0 Å². The molecular weight excluding hydrogens is 278 g/mol. The Morgan fingerprint density at radius 1 is 1.23 bits per heavy atom. The maximum absolute atomic E-state index is 12.3. The van der Waals surface area contributed by atoms with E-state index in [4.69, 9.17) is 4.42 Å². The summed E-state index contributed by atoms with van der Waals surface area (Å²) >= 11 is 0. The minimum absolute atomic E-state index is 0.132. The Hall–Kier alpha value is -1.58. The number of nitrogens with one attached hydrogen (secondary N) is 1. The zero-order valence-corrected chi connectivity index (χ0v) is 13.0. The normalized spacial score (nSPS) is 37.0. The van der Waals surface area contributed by atoms with Crippen molar-refractivity contribution >= 4 is 5.91 Å². The molecule has 0 aliphatic heterocycles. The SMILES string of the molecule is C[C@H](NC(=O)c1ccc(=O)oc1)[C@H]1[C@H]2CC[C@H]3C[C@@H](C2)C[C@H]31. The van der Waals surface area contributed by atoms with Crippen LogP contribution >= 0.6 is 0 Å². The maximum Gasteiger partial charge on any atom is 0.335 e. The second-order valence-electron chi connectivity index (χ2n) is 7.52. The van der Waals surface area contributed by atoms with Gasteiger partial charge in [0.2, 0.25) is 0 Å². The van der Waals surface area contributed by atoms with Crippen LogP contribution < -0.4 is 10.9 Å². The second-order valence-corrected chi connectivity index (χ2v) is 7.52. The van der Waals surface area contributed by atoms with Crippen LogP contribution in [0.3, 0.4) is 0 Å². The average molecular weight is 301 g/mol. The van der Waals surface area contributed by atoms with E-state index in [0.717, 1.165) is 23.7 Å². The lowest BCUT2D eigenvalue weighted by Gasteiger charge is -2.45. The van der Waals surface area contributed by atoms with Crippen molar-refractivity contribution in [3.63, 3.8) is 0 Å². The topological polar surface area (TPSA) is 59.3 Å². The molecule has 0 radical (unpaired) electrons. The molecule has 0 unspecified atom stereocenters. The first kappa shape index (κ1) is 14.0. The van der Waals surface area contributed by atoms with Gasteiger partial charge in [0.25, 0.3) is 5.91 Å². The smallest absolute Gasteiger partial charge is 0.335 e. The maximum atomic E-state index is 12.3. The molecule has 3 aliphatic carbocycles. The number of carbonyl (C=O) groups excluding carboxylic acids is 1. The summed E-state index contributed by atoms with van der Waals surface area (Å²) in [7, 11) is 0. The molecule has 1 heterocycles. The Labute approximate surface area is 130 Å². The van der Waals surface area contributed by atoms with Crippen molar-refractivity contribution in [3.8, 4) is 0 Å². The lowest BCUT2D eigenvalue weighted by molar-refractivity contribution is 0.0518. The minimum Gasteiger partial charge on any atom is -0.430 e. The zero-order chi connectivity index (χ0) is 15.3. The third-order valence-corrected chi connectivity index (χ3v) is 6.33. The van der Waals surface area contributed by atoms with E-state index in [-0.39, 0.29) is 11.9 Å². The summed E-state index contributed by atoms with van der Waals surface area (Å²) in [4.78, 5) is 23.3. The van der Waals surface area contributed by atoms with Crippen molar-refractivity contribution in [1.82, 2.24) is 5.32 Å². The molecule has 1 amide bonds. The van der Waals surface area contributed by atoms with E-state index in [2.05, 4.69) is 12.2 Å². The number of rotatable bonds is 3. The molecule has 3 bridgehead atoms. The van der Waals surface area contributed by atoms with Crippen molar-refractivity contribution in [2.45, 2.75) is 45.1 Å². The highest BCUT2D eigenvalue weighted by Crippen LogP contribution is 2.58. The number of hydrogen-bond acceptors (Lipinski definition) is 3. The quantitative estimate of drug-likeness (QED) is 0.934. The highest BCUT2D eigenvalue weighted by Gasteiger charge is 2.51. The molecule has 0 spiro atoms. The van der Waals surface area contributed by atoms with Crippen molar-refractivity contribution < 1.29 is 9.21 Å². The average Bonchev–Trinajstić information content (AvgIpc) is 2.70. The van der Waals surface area contributed by atoms with Gasteiger partial charge in [-0.15, -0.1) is 0 Å². The van der Waals surface area contributed by atoms with Crippen LogP contribution in [0.5, 0.6) is 0 Å². The Morgan fingerprint density at radius 3 is 2.77 bits per heavy atom. The number of carbonyl (C=O) groups is 1. The Morgan fingerprint density at radius 2 is 2.00 bits per heavy atom. The molecule has 118 valence electrons. The molecule has 3 aliphatic rings. The Kier molecular flexibility index (Phi) is 3.35. The first-order valence-electron chi connectivity index (χ1n) is 8.51. The van der Waals surface area contributed by atoms with Crippen LogP contribution in [0, 0.1) is 29.6 Å². The van der Waals surface area contributed by atoms with Gasteiger partial charge in [0, 0.05) is 12.1 Å². The number of fused-ring (bicyclic) bond motifs is 2. The van der Waals surface area contributed by atoms with Gasteiger partial charge in [0.15, 0.2) is 0 Å². The van der Waals surface area contributed by atoms with E-state index in [0.29, 0.717) is 11.5 Å². The summed E-state index contributed by atoms with van der Waals surface area (Å²) in [6, 6.07) is 3.02. The first-order chi connectivity index (χ1) is 10.6. The molecule has 0 aromatic carbocycles. The standard InChI is InChI=1S/C18H23NO3/c1-10(19-18(21)14-4-5-16(20)22-9-14)17-13-3-2-12-6-11(7-13)8-15(12)17/h4-5,9-13,15,17H,2-3,6-8H2,1H3,(H,19,21)/t10-,11-,12-,13-,15+,17-/m0/s1. The van der Waals surface area contributed by atoms with E-state index in [1.807, 2.05) is 0 Å². The molecule has 3 fully saturated rings. The van der Waals surface area contributed by atoms with Crippen LogP contribution in [0.25, 0.3) is 0 Å². The largest absolute Gasteiger partial charge is 0.430 e. The van der Waals surface area contributed by atoms with E-state index in [1.54, 1.807) is 0 Å². The third-order valence-electron chi connectivity index (χ3n) is 6.33. The fourth-order valence-corrected chi connectivity index (χ4v) is 5.60. The van der Waals surface area contributed by atoms with Gasteiger partial charge in [0.05, 0.1) is 5.56 Å². The van der Waals surface area contributed by atoms with Crippen LogP contribution in [0.1, 0.15) is 49.4 Å². The highest BCUT2D eigenvalue weighted by atomic mass is 16.4. The van der Waals surface area contributed by atoms with Gasteiger partial charge in [-0.3, -0.25) is 4.79 Å². The van der Waals surface area contributed by atoms with Crippen molar-refractivity contribution in [2.24, 2.45) is 29.6 Å². The second kappa shape index (κ2) is 5.25. The minimum atomic E-state index is -0.425. The molecular formula is C18H23NO3. The fourth-order valence-electron chi connectivity index (χ4n) is 5.60. The summed E-state index contributed by atoms with van der Waals surface area (Å²) in [5.74, 6) is 3.92. The van der Waals surface area contributed by atoms with Gasteiger partial charge in [-0.25, -0.2) is 4.79 Å². The van der Waals surface area contributed by atoms with Crippen LogP contribution in [0.15, 0.2) is 27.6 Å². The van der Waals surface area contributed by atoms with Gasteiger partial charge in [-0.05, 0) is 74.7 Å². The molecule has 6 atom stereocenters. The van der Waals surface area contributed by atoms with Crippen molar-refractivity contribution in [1.29, 1.82) is 0 Å². The van der Waals surface area contributed by atoms with Gasteiger partial charge in [-0.1, -0.05) is 0 Å². The van der Waals surface area contributed by atoms with E-state index < -0.39 is 5.63 Å². The molecule has 1 aromatic heterocycles. The molecule has 1 N–H and O–H groups in total. The van der Waals surface area contributed by atoms with Gasteiger partial charge >= 0.3 is 5.63 Å².